The molecule has 7 nitrogen and oxygen atoms in total. The highest BCUT2D eigenvalue weighted by Crippen LogP contribution is 2.19. The van der Waals surface area contributed by atoms with Crippen molar-refractivity contribution in [3.8, 4) is 5.75 Å². The highest BCUT2D eigenvalue weighted by atomic mass is 16.5. The molecule has 2 heterocycles. The summed E-state index contributed by atoms with van der Waals surface area (Å²) in [7, 11) is 0. The first-order chi connectivity index (χ1) is 14.1. The minimum Gasteiger partial charge on any atom is -0.494 e. The van der Waals surface area contributed by atoms with Crippen molar-refractivity contribution in [2.75, 3.05) is 26.3 Å². The Bertz CT molecular complexity index is 868. The molecule has 1 aromatic heterocycles. The van der Waals surface area contributed by atoms with Crippen LogP contribution in [0.15, 0.2) is 36.5 Å². The number of Topliss-reactive ketones (excluding diaryl/α,β-unsaturated/α-hetero) is 1. The van der Waals surface area contributed by atoms with Crippen molar-refractivity contribution in [3.05, 3.63) is 53.3 Å². The van der Waals surface area contributed by atoms with Gasteiger partial charge in [0.2, 0.25) is 5.78 Å². The molecule has 1 saturated heterocycles. The van der Waals surface area contributed by atoms with Crippen LogP contribution >= 0.6 is 0 Å². The molecular formula is C22H26N2O5. The van der Waals surface area contributed by atoms with E-state index in [0.29, 0.717) is 24.3 Å². The van der Waals surface area contributed by atoms with Crippen molar-refractivity contribution in [1.29, 1.82) is 0 Å². The van der Waals surface area contributed by atoms with Gasteiger partial charge in [-0.05, 0) is 43.9 Å². The van der Waals surface area contributed by atoms with E-state index in [1.54, 1.807) is 4.90 Å². The lowest BCUT2D eigenvalue weighted by Gasteiger charge is -2.13. The number of likely N-dealkylation sites (tertiary alicyclic amines) is 1. The average molecular weight is 398 g/mol. The lowest BCUT2D eigenvalue weighted by atomic mass is 10.1. The summed E-state index contributed by atoms with van der Waals surface area (Å²) in [5.74, 6) is -0.147. The maximum absolute atomic E-state index is 12.3. The number of nitrogens with zero attached hydrogens (tertiary/aromatic N) is 1. The third-order valence-electron chi connectivity index (χ3n) is 4.86. The Labute approximate surface area is 170 Å². The first-order valence-corrected chi connectivity index (χ1v) is 9.95. The number of carbonyl (C=O) groups excluding carboxylic acids is 3. The number of carbonyl (C=O) groups is 3. The van der Waals surface area contributed by atoms with E-state index in [-0.39, 0.29) is 24.7 Å². The zero-order valence-corrected chi connectivity index (χ0v) is 16.6. The number of rotatable bonds is 9. The van der Waals surface area contributed by atoms with Crippen LogP contribution < -0.4 is 4.74 Å². The third kappa shape index (κ3) is 5.47. The first-order valence-electron chi connectivity index (χ1n) is 9.95. The van der Waals surface area contributed by atoms with Crippen LogP contribution in [-0.2, 0) is 16.0 Å². The maximum atomic E-state index is 12.3. The van der Waals surface area contributed by atoms with Crippen LogP contribution in [0.1, 0.15) is 52.6 Å². The van der Waals surface area contributed by atoms with Gasteiger partial charge < -0.3 is 19.4 Å². The van der Waals surface area contributed by atoms with Gasteiger partial charge in [-0.15, -0.1) is 0 Å². The number of hydrogen-bond acceptors (Lipinski definition) is 5. The van der Waals surface area contributed by atoms with Crippen molar-refractivity contribution < 1.29 is 23.9 Å². The molecule has 0 atom stereocenters. The molecule has 0 unspecified atom stereocenters. The number of hydrogen-bond donors (Lipinski definition) is 1. The average Bonchev–Trinajstić information content (AvgIpc) is 3.43. The number of esters is 1. The van der Waals surface area contributed by atoms with Crippen LogP contribution in [0.5, 0.6) is 5.75 Å². The summed E-state index contributed by atoms with van der Waals surface area (Å²) in [5, 5.41) is 0. The summed E-state index contributed by atoms with van der Waals surface area (Å²) in [6.45, 7) is 3.59. The largest absolute Gasteiger partial charge is 0.494 e. The number of H-pyrrole nitrogens is 1. The number of aromatic amines is 1. The second-order valence-corrected chi connectivity index (χ2v) is 6.93. The number of ether oxygens (including phenoxy) is 2. The molecule has 0 bridgehead atoms. The molecule has 0 saturated carbocycles. The SMILES string of the molecule is CCOc1ccccc1CCC(=O)OCC(=O)c1c[nH]c(C(=O)N2CCCC2)c1. The Kier molecular flexibility index (Phi) is 7.05. The Morgan fingerprint density at radius 1 is 1.14 bits per heavy atom. The van der Waals surface area contributed by atoms with Crippen LogP contribution in [-0.4, -0.2) is 53.8 Å². The summed E-state index contributed by atoms with van der Waals surface area (Å²) < 4.78 is 10.7. The van der Waals surface area contributed by atoms with E-state index in [2.05, 4.69) is 4.98 Å². The summed E-state index contributed by atoms with van der Waals surface area (Å²) in [6.07, 6.45) is 4.12. The zero-order valence-electron chi connectivity index (χ0n) is 16.6. The second kappa shape index (κ2) is 9.91. The molecule has 29 heavy (non-hydrogen) atoms. The van der Waals surface area contributed by atoms with Gasteiger partial charge in [-0.25, -0.2) is 0 Å². The molecule has 1 fully saturated rings. The van der Waals surface area contributed by atoms with Crippen molar-refractivity contribution in [1.82, 2.24) is 9.88 Å². The lowest BCUT2D eigenvalue weighted by Crippen LogP contribution is -2.27. The number of nitrogens with one attached hydrogen (secondary N) is 1. The standard InChI is InChI=1S/C22H26N2O5/c1-2-28-20-8-4-3-7-16(20)9-10-21(26)29-15-19(25)17-13-18(23-14-17)22(27)24-11-5-6-12-24/h3-4,7-8,13-14,23H,2,5-6,9-12,15H2,1H3. The number of amides is 1. The molecule has 0 aliphatic carbocycles. The second-order valence-electron chi connectivity index (χ2n) is 6.93. The Morgan fingerprint density at radius 2 is 1.90 bits per heavy atom. The molecule has 7 heteroatoms. The summed E-state index contributed by atoms with van der Waals surface area (Å²) in [6, 6.07) is 9.06. The molecule has 0 radical (unpaired) electrons. The van der Waals surface area contributed by atoms with Crippen LogP contribution in [0.3, 0.4) is 0 Å². The minimum absolute atomic E-state index is 0.105. The highest BCUT2D eigenvalue weighted by Gasteiger charge is 2.22. The van der Waals surface area contributed by atoms with Crippen molar-refractivity contribution in [2.45, 2.75) is 32.6 Å². The van der Waals surface area contributed by atoms with E-state index in [1.807, 2.05) is 31.2 Å². The summed E-state index contributed by atoms with van der Waals surface area (Å²) in [5.41, 5.74) is 1.64. The predicted octanol–water partition coefficient (Wildman–Crippen LogP) is 3.01. The quantitative estimate of drug-likeness (QED) is 0.518. The molecule has 154 valence electrons. The van der Waals surface area contributed by atoms with E-state index >= 15 is 0 Å². The highest BCUT2D eigenvalue weighted by molar-refractivity contribution is 6.01. The molecule has 3 rings (SSSR count). The topological polar surface area (TPSA) is 88.7 Å². The van der Waals surface area contributed by atoms with Gasteiger partial charge in [-0.2, -0.15) is 0 Å². The van der Waals surface area contributed by atoms with Gasteiger partial charge in [-0.3, -0.25) is 14.4 Å². The Hall–Kier alpha value is -3.09. The molecule has 1 aromatic carbocycles. The number of para-hydroxylation sites is 1. The van der Waals surface area contributed by atoms with E-state index in [0.717, 1.165) is 37.2 Å². The van der Waals surface area contributed by atoms with Crippen molar-refractivity contribution in [3.63, 3.8) is 0 Å². The van der Waals surface area contributed by atoms with Crippen molar-refractivity contribution >= 4 is 17.7 Å². The molecule has 2 aromatic rings. The summed E-state index contributed by atoms with van der Waals surface area (Å²) in [4.78, 5) is 41.2. The van der Waals surface area contributed by atoms with Gasteiger partial charge in [0.25, 0.3) is 5.91 Å². The van der Waals surface area contributed by atoms with Gasteiger partial charge in [0.15, 0.2) is 6.61 Å². The monoisotopic (exact) mass is 398 g/mol. The minimum atomic E-state index is -0.450. The molecule has 1 N–H and O–H groups in total. The zero-order chi connectivity index (χ0) is 20.6. The van der Waals surface area contributed by atoms with Gasteiger partial charge >= 0.3 is 5.97 Å². The van der Waals surface area contributed by atoms with Crippen molar-refractivity contribution in [2.24, 2.45) is 0 Å². The fourth-order valence-electron chi connectivity index (χ4n) is 3.31. The number of aryl methyl sites for hydroxylation is 1. The first kappa shape index (κ1) is 20.6. The van der Waals surface area contributed by atoms with Gasteiger partial charge in [-0.1, -0.05) is 18.2 Å². The fraction of sp³-hybridized carbons (Fsp3) is 0.409. The Morgan fingerprint density at radius 3 is 2.66 bits per heavy atom. The lowest BCUT2D eigenvalue weighted by molar-refractivity contribution is -0.142. The van der Waals surface area contributed by atoms with Crippen LogP contribution in [0.2, 0.25) is 0 Å². The van der Waals surface area contributed by atoms with Crippen LogP contribution in [0.4, 0.5) is 0 Å². The molecular weight excluding hydrogens is 372 g/mol. The molecule has 1 aliphatic heterocycles. The predicted molar refractivity (Wildman–Crippen MR) is 107 cm³/mol. The van der Waals surface area contributed by atoms with Crippen LogP contribution in [0.25, 0.3) is 0 Å². The third-order valence-corrected chi connectivity index (χ3v) is 4.86. The Balaban J connectivity index is 1.47. The smallest absolute Gasteiger partial charge is 0.306 e. The number of benzene rings is 1. The summed E-state index contributed by atoms with van der Waals surface area (Å²) >= 11 is 0. The number of ketones is 1. The van der Waals surface area contributed by atoms with Crippen LogP contribution in [0, 0.1) is 0 Å². The molecule has 1 amide bonds. The van der Waals surface area contributed by atoms with Gasteiger partial charge in [0.1, 0.15) is 11.4 Å². The normalized spacial score (nSPS) is 13.3. The van der Waals surface area contributed by atoms with Gasteiger partial charge in [0, 0.05) is 31.3 Å². The number of aromatic nitrogens is 1. The molecule has 1 aliphatic rings. The van der Waals surface area contributed by atoms with E-state index in [1.165, 1.54) is 12.3 Å². The van der Waals surface area contributed by atoms with E-state index < -0.39 is 5.97 Å². The molecule has 0 spiro atoms. The maximum Gasteiger partial charge on any atom is 0.306 e. The fourth-order valence-corrected chi connectivity index (χ4v) is 3.31. The van der Waals surface area contributed by atoms with E-state index in [4.69, 9.17) is 9.47 Å². The van der Waals surface area contributed by atoms with E-state index in [9.17, 15) is 14.4 Å². The van der Waals surface area contributed by atoms with Gasteiger partial charge in [0.05, 0.1) is 6.61 Å².